The minimum Gasteiger partial charge on any atom is -0.383 e. The van der Waals surface area contributed by atoms with Crippen molar-refractivity contribution in [3.05, 3.63) is 44.6 Å². The van der Waals surface area contributed by atoms with Crippen molar-refractivity contribution in [3.8, 4) is 0 Å². The normalized spacial score (nSPS) is 18.8. The minimum atomic E-state index is -0.491. The molecule has 4 rings (SSSR count). The van der Waals surface area contributed by atoms with E-state index in [1.807, 2.05) is 4.90 Å². The van der Waals surface area contributed by atoms with Crippen molar-refractivity contribution in [3.63, 3.8) is 0 Å². The van der Waals surface area contributed by atoms with Gasteiger partial charge in [-0.2, -0.15) is 0 Å². The van der Waals surface area contributed by atoms with Gasteiger partial charge in [0.05, 0.1) is 24.1 Å². The molecule has 1 N–H and O–H groups in total. The molecule has 1 aromatic carbocycles. The number of ether oxygens (including phenoxy) is 1. The largest absolute Gasteiger partial charge is 0.383 e. The van der Waals surface area contributed by atoms with E-state index >= 15 is 0 Å². The maximum Gasteiger partial charge on any atom is 0.328 e. The molecule has 1 aliphatic heterocycles. The van der Waals surface area contributed by atoms with Gasteiger partial charge < -0.3 is 14.6 Å². The van der Waals surface area contributed by atoms with Gasteiger partial charge in [0.15, 0.2) is 0 Å². The fourth-order valence-corrected chi connectivity index (χ4v) is 4.69. The number of hydrogen-bond acceptors (Lipinski definition) is 5. The summed E-state index contributed by atoms with van der Waals surface area (Å²) in [7, 11) is 1.52. The first-order valence-corrected chi connectivity index (χ1v) is 10.9. The predicted molar refractivity (Wildman–Crippen MR) is 115 cm³/mol. The van der Waals surface area contributed by atoms with E-state index in [-0.39, 0.29) is 24.6 Å². The number of hydrogen-bond donors (Lipinski definition) is 1. The number of aromatic nitrogens is 2. The number of carbonyl (C=O) groups excluding carboxylic acids is 1. The molecular formula is C22H30N4O4. The van der Waals surface area contributed by atoms with Crippen LogP contribution in [-0.2, 0) is 11.3 Å². The number of aromatic amines is 1. The van der Waals surface area contributed by atoms with Crippen molar-refractivity contribution in [2.45, 2.75) is 44.7 Å². The molecule has 2 aliphatic rings. The third-order valence-electron chi connectivity index (χ3n) is 6.44. The summed E-state index contributed by atoms with van der Waals surface area (Å²) in [6.07, 6.45) is 6.51. The lowest BCUT2D eigenvalue weighted by atomic mass is 9.94. The fourth-order valence-electron chi connectivity index (χ4n) is 4.69. The number of carbonyl (C=O) groups is 1. The van der Waals surface area contributed by atoms with Crippen LogP contribution in [0.25, 0.3) is 10.9 Å². The zero-order chi connectivity index (χ0) is 21.1. The van der Waals surface area contributed by atoms with E-state index in [0.717, 1.165) is 17.7 Å². The molecule has 8 heteroatoms. The van der Waals surface area contributed by atoms with Crippen molar-refractivity contribution >= 4 is 16.8 Å². The standard InChI is InChI=1S/C22H30N4O4/c1-30-14-13-26-21(28)18-8-7-16(15-19(18)23-22(26)29)20(27)25-11-9-24(10-12-25)17-5-3-2-4-6-17/h7-8,15,17H,2-6,9-14H2,1H3,(H,23,29). The lowest BCUT2D eigenvalue weighted by molar-refractivity contribution is 0.0523. The van der Waals surface area contributed by atoms with Gasteiger partial charge in [-0.1, -0.05) is 19.3 Å². The van der Waals surface area contributed by atoms with Crippen LogP contribution in [-0.4, -0.2) is 71.2 Å². The number of nitrogens with one attached hydrogen (secondary N) is 1. The second-order valence-electron chi connectivity index (χ2n) is 8.26. The van der Waals surface area contributed by atoms with Gasteiger partial charge >= 0.3 is 5.69 Å². The molecule has 0 bridgehead atoms. The smallest absolute Gasteiger partial charge is 0.328 e. The molecule has 1 amide bonds. The van der Waals surface area contributed by atoms with Crippen LogP contribution in [0, 0.1) is 0 Å². The molecule has 0 spiro atoms. The summed E-state index contributed by atoms with van der Waals surface area (Å²) in [6.45, 7) is 3.70. The van der Waals surface area contributed by atoms with E-state index in [9.17, 15) is 14.4 Å². The van der Waals surface area contributed by atoms with E-state index in [4.69, 9.17) is 4.74 Å². The highest BCUT2D eigenvalue weighted by molar-refractivity contribution is 5.97. The van der Waals surface area contributed by atoms with Crippen LogP contribution in [0.1, 0.15) is 42.5 Å². The van der Waals surface area contributed by atoms with Crippen LogP contribution in [0.2, 0.25) is 0 Å². The summed E-state index contributed by atoms with van der Waals surface area (Å²) >= 11 is 0. The van der Waals surface area contributed by atoms with Gasteiger partial charge in [0, 0.05) is 44.9 Å². The summed E-state index contributed by atoms with van der Waals surface area (Å²) in [5.74, 6) is -0.0513. The number of piperazine rings is 1. The Balaban J connectivity index is 1.48. The highest BCUT2D eigenvalue weighted by Gasteiger charge is 2.27. The predicted octanol–water partition coefficient (Wildman–Crippen LogP) is 1.43. The highest BCUT2D eigenvalue weighted by atomic mass is 16.5. The maximum absolute atomic E-state index is 13.0. The van der Waals surface area contributed by atoms with E-state index in [0.29, 0.717) is 35.6 Å². The maximum atomic E-state index is 13.0. The Labute approximate surface area is 175 Å². The van der Waals surface area contributed by atoms with Crippen molar-refractivity contribution in [2.75, 3.05) is 39.9 Å². The number of amides is 1. The van der Waals surface area contributed by atoms with E-state index < -0.39 is 5.69 Å². The second-order valence-corrected chi connectivity index (χ2v) is 8.26. The first kappa shape index (κ1) is 20.8. The zero-order valence-electron chi connectivity index (χ0n) is 17.6. The molecule has 0 unspecified atom stereocenters. The average molecular weight is 415 g/mol. The first-order valence-electron chi connectivity index (χ1n) is 10.9. The van der Waals surface area contributed by atoms with E-state index in [2.05, 4.69) is 9.88 Å². The SMILES string of the molecule is COCCn1c(=O)[nH]c2cc(C(=O)N3CCN(C4CCCCC4)CC3)ccc2c1=O. The van der Waals surface area contributed by atoms with Crippen LogP contribution >= 0.6 is 0 Å². The van der Waals surface area contributed by atoms with Crippen molar-refractivity contribution in [1.82, 2.24) is 19.4 Å². The summed E-state index contributed by atoms with van der Waals surface area (Å²) in [6, 6.07) is 5.59. The summed E-state index contributed by atoms with van der Waals surface area (Å²) in [5.41, 5.74) is 0.0322. The monoisotopic (exact) mass is 414 g/mol. The van der Waals surface area contributed by atoms with Gasteiger partial charge in [0.25, 0.3) is 11.5 Å². The van der Waals surface area contributed by atoms with Crippen molar-refractivity contribution in [2.24, 2.45) is 0 Å². The van der Waals surface area contributed by atoms with Gasteiger partial charge in [0.2, 0.25) is 0 Å². The molecule has 0 atom stereocenters. The average Bonchev–Trinajstić information content (AvgIpc) is 2.79. The summed E-state index contributed by atoms with van der Waals surface area (Å²) in [4.78, 5) is 45.0. The van der Waals surface area contributed by atoms with Crippen molar-refractivity contribution in [1.29, 1.82) is 0 Å². The lowest BCUT2D eigenvalue weighted by Crippen LogP contribution is -2.52. The molecule has 2 heterocycles. The topological polar surface area (TPSA) is 87.6 Å². The molecule has 8 nitrogen and oxygen atoms in total. The molecule has 1 aromatic heterocycles. The number of methoxy groups -OCH3 is 1. The van der Waals surface area contributed by atoms with Gasteiger partial charge in [-0.25, -0.2) is 4.79 Å². The number of rotatable bonds is 5. The molecule has 1 saturated carbocycles. The van der Waals surface area contributed by atoms with E-state index in [1.54, 1.807) is 18.2 Å². The zero-order valence-corrected chi connectivity index (χ0v) is 17.6. The molecule has 30 heavy (non-hydrogen) atoms. The molecule has 2 fully saturated rings. The number of benzene rings is 1. The van der Waals surface area contributed by atoms with Crippen LogP contribution in [0.4, 0.5) is 0 Å². The third-order valence-corrected chi connectivity index (χ3v) is 6.44. The molecule has 162 valence electrons. The Bertz CT molecular complexity index is 1010. The lowest BCUT2D eigenvalue weighted by Gasteiger charge is -2.40. The number of H-pyrrole nitrogens is 1. The third kappa shape index (κ3) is 4.20. The van der Waals surface area contributed by atoms with Crippen LogP contribution < -0.4 is 11.2 Å². The minimum absolute atomic E-state index is 0.0513. The molecular weight excluding hydrogens is 384 g/mol. The number of nitrogens with zero attached hydrogens (tertiary/aromatic N) is 3. The summed E-state index contributed by atoms with van der Waals surface area (Å²) in [5, 5.41) is 0.393. The van der Waals surface area contributed by atoms with Gasteiger partial charge in [-0.05, 0) is 31.0 Å². The second kappa shape index (κ2) is 9.14. The van der Waals surface area contributed by atoms with Crippen LogP contribution in [0.3, 0.4) is 0 Å². The van der Waals surface area contributed by atoms with Crippen LogP contribution in [0.5, 0.6) is 0 Å². The summed E-state index contributed by atoms with van der Waals surface area (Å²) < 4.78 is 6.09. The Morgan fingerprint density at radius 3 is 2.53 bits per heavy atom. The quantitative estimate of drug-likeness (QED) is 0.800. The Morgan fingerprint density at radius 2 is 1.83 bits per heavy atom. The van der Waals surface area contributed by atoms with E-state index in [1.165, 1.54) is 39.2 Å². The Morgan fingerprint density at radius 1 is 1.10 bits per heavy atom. The molecule has 1 aliphatic carbocycles. The Kier molecular flexibility index (Phi) is 6.34. The Hall–Kier alpha value is -2.45. The van der Waals surface area contributed by atoms with Crippen LogP contribution in [0.15, 0.2) is 27.8 Å². The van der Waals surface area contributed by atoms with Crippen molar-refractivity contribution < 1.29 is 9.53 Å². The number of fused-ring (bicyclic) bond motifs is 1. The van der Waals surface area contributed by atoms with Gasteiger partial charge in [-0.15, -0.1) is 0 Å². The molecule has 0 radical (unpaired) electrons. The van der Waals surface area contributed by atoms with Gasteiger partial charge in [-0.3, -0.25) is 19.1 Å². The van der Waals surface area contributed by atoms with Gasteiger partial charge in [0.1, 0.15) is 0 Å². The molecule has 1 saturated heterocycles. The highest BCUT2D eigenvalue weighted by Crippen LogP contribution is 2.24. The fraction of sp³-hybridized carbons (Fsp3) is 0.591. The first-order chi connectivity index (χ1) is 14.6. The molecule has 2 aromatic rings.